The van der Waals surface area contributed by atoms with E-state index in [0.29, 0.717) is 18.7 Å². The highest BCUT2D eigenvalue weighted by molar-refractivity contribution is 5.92. The summed E-state index contributed by atoms with van der Waals surface area (Å²) in [6.45, 7) is 6.77. The van der Waals surface area contributed by atoms with E-state index in [1.807, 2.05) is 35.2 Å². The Kier molecular flexibility index (Phi) is 6.07. The van der Waals surface area contributed by atoms with Gasteiger partial charge in [0.2, 0.25) is 0 Å². The molecule has 0 saturated carbocycles. The Hall–Kier alpha value is -3.54. The summed E-state index contributed by atoms with van der Waals surface area (Å²) < 4.78 is 7.22. The van der Waals surface area contributed by atoms with Crippen LogP contribution >= 0.6 is 0 Å². The number of aromatic nitrogens is 1. The van der Waals surface area contributed by atoms with Crippen molar-refractivity contribution in [3.63, 3.8) is 0 Å². The minimum absolute atomic E-state index is 0.157. The van der Waals surface area contributed by atoms with Crippen molar-refractivity contribution in [2.75, 3.05) is 37.7 Å². The Balaban J connectivity index is 1.30. The van der Waals surface area contributed by atoms with Gasteiger partial charge in [0.15, 0.2) is 6.61 Å². The molecule has 6 heteroatoms. The maximum absolute atomic E-state index is 12.6. The van der Waals surface area contributed by atoms with Crippen LogP contribution in [0.1, 0.15) is 21.5 Å². The molecule has 3 aromatic rings. The Morgan fingerprint density at radius 2 is 1.61 bits per heavy atom. The Labute approximate surface area is 182 Å². The highest BCUT2D eigenvalue weighted by Gasteiger charge is 2.23. The molecule has 0 aliphatic carbocycles. The van der Waals surface area contributed by atoms with Crippen LogP contribution in [0.4, 0.5) is 5.69 Å². The van der Waals surface area contributed by atoms with Gasteiger partial charge in [-0.2, -0.15) is 0 Å². The molecule has 4 rings (SSSR count). The van der Waals surface area contributed by atoms with Crippen LogP contribution in [0.5, 0.6) is 0 Å². The summed E-state index contributed by atoms with van der Waals surface area (Å²) in [4.78, 5) is 29.1. The van der Waals surface area contributed by atoms with Gasteiger partial charge in [0.05, 0.1) is 5.56 Å². The number of benzene rings is 2. The molecular formula is C25H27N3O3. The van der Waals surface area contributed by atoms with E-state index in [4.69, 9.17) is 4.74 Å². The first-order chi connectivity index (χ1) is 15.0. The highest BCUT2D eigenvalue weighted by atomic mass is 16.5. The molecule has 1 aliphatic rings. The Bertz CT molecular complexity index is 1070. The minimum atomic E-state index is -0.489. The third kappa shape index (κ3) is 4.63. The normalized spacial score (nSPS) is 13.9. The number of aryl methyl sites for hydroxylation is 1. The van der Waals surface area contributed by atoms with Crippen LogP contribution in [0.2, 0.25) is 0 Å². The maximum Gasteiger partial charge on any atom is 0.338 e. The molecule has 1 saturated heterocycles. The van der Waals surface area contributed by atoms with Crippen molar-refractivity contribution in [3.05, 3.63) is 83.7 Å². The van der Waals surface area contributed by atoms with Gasteiger partial charge in [0, 0.05) is 49.9 Å². The van der Waals surface area contributed by atoms with Gasteiger partial charge in [-0.3, -0.25) is 4.79 Å². The monoisotopic (exact) mass is 417 g/mol. The number of carbonyl (C=O) groups is 2. The van der Waals surface area contributed by atoms with Crippen LogP contribution in [-0.2, 0) is 9.53 Å². The van der Waals surface area contributed by atoms with Gasteiger partial charge in [-0.1, -0.05) is 18.2 Å². The first kappa shape index (κ1) is 20.7. The first-order valence-corrected chi connectivity index (χ1v) is 10.5. The quantitative estimate of drug-likeness (QED) is 0.596. The zero-order valence-electron chi connectivity index (χ0n) is 18.0. The maximum atomic E-state index is 12.6. The standard InChI is InChI=1S/C25H27N3O3/c1-19-7-5-10-23(20(19)2)27-13-15-28(16-14-27)24(29)18-31-25(30)21-8-6-9-22(17-21)26-11-3-4-12-26/h3-12,17H,13-16,18H2,1-2H3. The SMILES string of the molecule is Cc1cccc(N2CCN(C(=O)COC(=O)c3cccc(-n4cccc4)c3)CC2)c1C. The Morgan fingerprint density at radius 1 is 0.903 bits per heavy atom. The van der Waals surface area contributed by atoms with Crippen LogP contribution in [0.3, 0.4) is 0 Å². The number of esters is 1. The fraction of sp³-hybridized carbons (Fsp3) is 0.280. The third-order valence-corrected chi connectivity index (χ3v) is 5.86. The van der Waals surface area contributed by atoms with E-state index >= 15 is 0 Å². The molecule has 1 fully saturated rings. The van der Waals surface area contributed by atoms with Gasteiger partial charge in [-0.15, -0.1) is 0 Å². The van der Waals surface area contributed by atoms with Gasteiger partial charge in [0.1, 0.15) is 0 Å². The van der Waals surface area contributed by atoms with E-state index in [-0.39, 0.29) is 12.5 Å². The molecule has 2 heterocycles. The smallest absolute Gasteiger partial charge is 0.338 e. The topological polar surface area (TPSA) is 54.8 Å². The molecule has 0 N–H and O–H groups in total. The van der Waals surface area contributed by atoms with E-state index in [2.05, 4.69) is 36.9 Å². The summed E-state index contributed by atoms with van der Waals surface area (Å²) in [5.74, 6) is -0.646. The van der Waals surface area contributed by atoms with E-state index in [0.717, 1.165) is 18.8 Å². The molecule has 6 nitrogen and oxygen atoms in total. The van der Waals surface area contributed by atoms with Crippen LogP contribution in [0.15, 0.2) is 67.0 Å². The van der Waals surface area contributed by atoms with Gasteiger partial charge < -0.3 is 19.1 Å². The summed E-state index contributed by atoms with van der Waals surface area (Å²) in [6, 6.07) is 17.3. The lowest BCUT2D eigenvalue weighted by Crippen LogP contribution is -2.50. The summed E-state index contributed by atoms with van der Waals surface area (Å²) in [5, 5.41) is 0. The molecule has 2 aromatic carbocycles. The van der Waals surface area contributed by atoms with Gasteiger partial charge in [0.25, 0.3) is 5.91 Å². The predicted molar refractivity (Wildman–Crippen MR) is 121 cm³/mol. The van der Waals surface area contributed by atoms with Gasteiger partial charge in [-0.05, 0) is 61.4 Å². The molecule has 1 amide bonds. The van der Waals surface area contributed by atoms with Crippen LogP contribution in [0.25, 0.3) is 5.69 Å². The number of ether oxygens (including phenoxy) is 1. The van der Waals surface area contributed by atoms with E-state index in [1.54, 1.807) is 23.1 Å². The average Bonchev–Trinajstić information content (AvgIpc) is 3.34. The van der Waals surface area contributed by atoms with Crippen LogP contribution < -0.4 is 4.90 Å². The lowest BCUT2D eigenvalue weighted by molar-refractivity contribution is -0.134. The van der Waals surface area contributed by atoms with Crippen molar-refractivity contribution in [1.82, 2.24) is 9.47 Å². The lowest BCUT2D eigenvalue weighted by atomic mass is 10.1. The van der Waals surface area contributed by atoms with Crippen molar-refractivity contribution >= 4 is 17.6 Å². The summed E-state index contributed by atoms with van der Waals surface area (Å²) >= 11 is 0. The number of amides is 1. The minimum Gasteiger partial charge on any atom is -0.452 e. The van der Waals surface area contributed by atoms with Crippen LogP contribution in [-0.4, -0.2) is 54.1 Å². The van der Waals surface area contributed by atoms with Crippen molar-refractivity contribution in [2.24, 2.45) is 0 Å². The largest absolute Gasteiger partial charge is 0.452 e. The lowest BCUT2D eigenvalue weighted by Gasteiger charge is -2.37. The number of hydrogen-bond acceptors (Lipinski definition) is 4. The van der Waals surface area contributed by atoms with E-state index in [1.165, 1.54) is 16.8 Å². The molecule has 160 valence electrons. The number of anilines is 1. The molecule has 31 heavy (non-hydrogen) atoms. The second-order valence-electron chi connectivity index (χ2n) is 7.80. The fourth-order valence-corrected chi connectivity index (χ4v) is 3.88. The van der Waals surface area contributed by atoms with Gasteiger partial charge >= 0.3 is 5.97 Å². The molecule has 1 aromatic heterocycles. The van der Waals surface area contributed by atoms with Crippen LogP contribution in [0, 0.1) is 13.8 Å². The second kappa shape index (κ2) is 9.08. The van der Waals surface area contributed by atoms with Crippen molar-refractivity contribution < 1.29 is 14.3 Å². The number of hydrogen-bond donors (Lipinski definition) is 0. The van der Waals surface area contributed by atoms with E-state index < -0.39 is 5.97 Å². The molecule has 0 bridgehead atoms. The molecule has 0 atom stereocenters. The molecule has 0 spiro atoms. The van der Waals surface area contributed by atoms with Crippen molar-refractivity contribution in [2.45, 2.75) is 13.8 Å². The Morgan fingerprint density at radius 3 is 2.35 bits per heavy atom. The summed E-state index contributed by atoms with van der Waals surface area (Å²) in [7, 11) is 0. The summed E-state index contributed by atoms with van der Waals surface area (Å²) in [5.41, 5.74) is 5.07. The number of nitrogens with zero attached hydrogens (tertiary/aromatic N) is 3. The van der Waals surface area contributed by atoms with Gasteiger partial charge in [-0.25, -0.2) is 4.79 Å². The molecular weight excluding hydrogens is 390 g/mol. The number of piperazine rings is 1. The molecule has 0 unspecified atom stereocenters. The number of carbonyl (C=O) groups excluding carboxylic acids is 2. The molecule has 1 aliphatic heterocycles. The third-order valence-electron chi connectivity index (χ3n) is 5.86. The average molecular weight is 418 g/mol. The summed E-state index contributed by atoms with van der Waals surface area (Å²) in [6.07, 6.45) is 3.82. The predicted octanol–water partition coefficient (Wildman–Crippen LogP) is 3.60. The van der Waals surface area contributed by atoms with E-state index in [9.17, 15) is 9.59 Å². The zero-order chi connectivity index (χ0) is 21.8. The zero-order valence-corrected chi connectivity index (χ0v) is 18.0. The van der Waals surface area contributed by atoms with Crippen molar-refractivity contribution in [1.29, 1.82) is 0 Å². The van der Waals surface area contributed by atoms with Crippen molar-refractivity contribution in [3.8, 4) is 5.69 Å². The highest BCUT2D eigenvalue weighted by Crippen LogP contribution is 2.24. The first-order valence-electron chi connectivity index (χ1n) is 10.5. The second-order valence-corrected chi connectivity index (χ2v) is 7.80. The number of rotatable bonds is 5. The fourth-order valence-electron chi connectivity index (χ4n) is 3.88. The molecule has 0 radical (unpaired) electrons.